The smallest absolute Gasteiger partial charge is 0.289 e. The maximum absolute atomic E-state index is 5.45. The Labute approximate surface area is 70.7 Å². The highest BCUT2D eigenvalue weighted by atomic mass is 16.6. The molecular weight excluding hydrogens is 156 g/mol. The van der Waals surface area contributed by atoms with Crippen LogP contribution in [0, 0.1) is 0 Å². The zero-order chi connectivity index (χ0) is 8.77. The number of nitrogens with zero attached hydrogens (tertiary/aromatic N) is 3. The highest BCUT2D eigenvalue weighted by Crippen LogP contribution is 2.35. The van der Waals surface area contributed by atoms with Gasteiger partial charge in [0, 0.05) is 0 Å². The van der Waals surface area contributed by atoms with E-state index in [0.717, 1.165) is 6.54 Å². The molecule has 2 rings (SSSR count). The first-order chi connectivity index (χ1) is 5.60. The summed E-state index contributed by atoms with van der Waals surface area (Å²) >= 11 is 0. The van der Waals surface area contributed by atoms with Crippen LogP contribution in [0.15, 0.2) is 12.7 Å². The lowest BCUT2D eigenvalue weighted by atomic mass is 10.1. The van der Waals surface area contributed by atoms with Gasteiger partial charge in [0.25, 0.3) is 6.33 Å². The molecule has 0 radical (unpaired) electrons. The summed E-state index contributed by atoms with van der Waals surface area (Å²) in [5, 5.41) is 4.05. The molecule has 5 heteroatoms. The third-order valence-electron chi connectivity index (χ3n) is 2.32. The minimum atomic E-state index is -0.0426. The van der Waals surface area contributed by atoms with Gasteiger partial charge in [0.2, 0.25) is 6.33 Å². The highest BCUT2D eigenvalue weighted by molar-refractivity contribution is 4.92. The molecule has 2 unspecified atom stereocenters. The van der Waals surface area contributed by atoms with Crippen LogP contribution in [0.4, 0.5) is 0 Å². The van der Waals surface area contributed by atoms with Gasteiger partial charge in [-0.1, -0.05) is 0 Å². The Balaban J connectivity index is 2.05. The molecule has 2 heterocycles. The molecule has 1 saturated heterocycles. The highest BCUT2D eigenvalue weighted by Gasteiger charge is 2.51. The van der Waals surface area contributed by atoms with Crippen LogP contribution in [0.2, 0.25) is 0 Å². The first-order valence-electron chi connectivity index (χ1n) is 3.97. The molecule has 0 amide bonds. The lowest BCUT2D eigenvalue weighted by Gasteiger charge is -1.98. The quantitative estimate of drug-likeness (QED) is 0.353. The number of nitrogens with two attached hydrogens (primary N) is 1. The van der Waals surface area contributed by atoms with Crippen LogP contribution >= 0.6 is 0 Å². The summed E-state index contributed by atoms with van der Waals surface area (Å²) in [6.07, 6.45) is 3.63. The number of aromatic nitrogens is 3. The molecule has 0 saturated carbocycles. The maximum Gasteiger partial charge on any atom is 0.289 e. The summed E-state index contributed by atoms with van der Waals surface area (Å²) in [4.78, 5) is 0. The number of nitrogen functional groups attached to an aromatic ring is 1. The Bertz CT molecular complexity index is 297. The fourth-order valence-electron chi connectivity index (χ4n) is 1.28. The molecule has 1 aliphatic rings. The van der Waals surface area contributed by atoms with Crippen molar-refractivity contribution in [1.82, 2.24) is 9.77 Å². The van der Waals surface area contributed by atoms with E-state index in [9.17, 15) is 0 Å². The van der Waals surface area contributed by atoms with Gasteiger partial charge in [-0.15, -0.1) is 9.36 Å². The molecule has 0 aliphatic carbocycles. The zero-order valence-electron chi connectivity index (χ0n) is 7.27. The van der Waals surface area contributed by atoms with Crippen molar-refractivity contribution in [3.8, 4) is 0 Å². The molecule has 0 bridgehead atoms. The summed E-state index contributed by atoms with van der Waals surface area (Å²) in [7, 11) is 0. The van der Waals surface area contributed by atoms with Gasteiger partial charge in [0.15, 0.2) is 0 Å². The van der Waals surface area contributed by atoms with E-state index >= 15 is 0 Å². The van der Waals surface area contributed by atoms with Gasteiger partial charge in [-0.3, -0.25) is 5.84 Å². The van der Waals surface area contributed by atoms with Crippen LogP contribution in [0.5, 0.6) is 0 Å². The normalized spacial score (nSPS) is 33.7. The van der Waals surface area contributed by atoms with E-state index in [1.165, 1.54) is 4.68 Å². The van der Waals surface area contributed by atoms with Gasteiger partial charge in [0.1, 0.15) is 12.1 Å². The molecule has 2 N–H and O–H groups in total. The van der Waals surface area contributed by atoms with Crippen LogP contribution in [0.1, 0.15) is 13.8 Å². The molecule has 1 aromatic rings. The molecule has 12 heavy (non-hydrogen) atoms. The first-order valence-corrected chi connectivity index (χ1v) is 3.97. The minimum Gasteiger partial charge on any atom is -0.362 e. The standard InChI is InChI=1S/C7H13N4O/c1-6-7(2,12-6)3-11-5-10(8)4-9-11/h4-6H,3,8H2,1-2H3/q+1. The maximum atomic E-state index is 5.45. The van der Waals surface area contributed by atoms with Crippen molar-refractivity contribution in [2.45, 2.75) is 32.1 Å². The lowest BCUT2D eigenvalue weighted by Crippen LogP contribution is -2.42. The average molecular weight is 169 g/mol. The number of ether oxygens (including phenoxy) is 1. The lowest BCUT2D eigenvalue weighted by molar-refractivity contribution is -0.756. The van der Waals surface area contributed by atoms with Gasteiger partial charge in [-0.25, -0.2) is 0 Å². The molecule has 2 atom stereocenters. The van der Waals surface area contributed by atoms with E-state index in [4.69, 9.17) is 10.6 Å². The fraction of sp³-hybridized carbons (Fsp3) is 0.714. The van der Waals surface area contributed by atoms with Crippen LogP contribution < -0.4 is 10.5 Å². The molecular formula is C7H13N4O+. The second kappa shape index (κ2) is 2.20. The predicted molar refractivity (Wildman–Crippen MR) is 41.5 cm³/mol. The largest absolute Gasteiger partial charge is 0.362 e. The fourth-order valence-corrected chi connectivity index (χ4v) is 1.28. The second-order valence-corrected chi connectivity index (χ2v) is 3.46. The molecule has 0 spiro atoms. The number of rotatable bonds is 2. The summed E-state index contributed by atoms with van der Waals surface area (Å²) < 4.78 is 8.61. The van der Waals surface area contributed by atoms with Crippen LogP contribution in [0.25, 0.3) is 0 Å². The Hall–Kier alpha value is -1.10. The summed E-state index contributed by atoms with van der Waals surface area (Å²) in [6.45, 7) is 4.89. The van der Waals surface area contributed by atoms with Crippen molar-refractivity contribution < 1.29 is 9.42 Å². The third-order valence-corrected chi connectivity index (χ3v) is 2.32. The molecule has 1 fully saturated rings. The van der Waals surface area contributed by atoms with Crippen molar-refractivity contribution in [3.05, 3.63) is 12.7 Å². The molecule has 66 valence electrons. The zero-order valence-corrected chi connectivity index (χ0v) is 7.27. The van der Waals surface area contributed by atoms with Crippen molar-refractivity contribution >= 4 is 0 Å². The summed E-state index contributed by atoms with van der Waals surface area (Å²) in [6, 6.07) is 0. The molecule has 1 aliphatic heterocycles. The van der Waals surface area contributed by atoms with Crippen molar-refractivity contribution in [2.75, 3.05) is 5.84 Å². The topological polar surface area (TPSA) is 60.2 Å². The van der Waals surface area contributed by atoms with Crippen molar-refractivity contribution in [3.63, 3.8) is 0 Å². The van der Waals surface area contributed by atoms with E-state index in [1.807, 2.05) is 0 Å². The second-order valence-electron chi connectivity index (χ2n) is 3.46. The van der Waals surface area contributed by atoms with Crippen molar-refractivity contribution in [1.29, 1.82) is 0 Å². The van der Waals surface area contributed by atoms with E-state index < -0.39 is 0 Å². The number of hydrogen-bond donors (Lipinski definition) is 1. The Morgan fingerprint density at radius 1 is 1.83 bits per heavy atom. The monoisotopic (exact) mass is 169 g/mol. The van der Waals surface area contributed by atoms with E-state index in [1.54, 1.807) is 17.3 Å². The Kier molecular flexibility index (Phi) is 1.38. The van der Waals surface area contributed by atoms with Gasteiger partial charge in [0.05, 0.1) is 6.10 Å². The van der Waals surface area contributed by atoms with Gasteiger partial charge in [-0.05, 0) is 18.9 Å². The number of hydrogen-bond acceptors (Lipinski definition) is 3. The van der Waals surface area contributed by atoms with Crippen LogP contribution in [0.3, 0.4) is 0 Å². The molecule has 5 nitrogen and oxygen atoms in total. The molecule has 0 aromatic carbocycles. The van der Waals surface area contributed by atoms with E-state index in [0.29, 0.717) is 6.10 Å². The van der Waals surface area contributed by atoms with Gasteiger partial charge < -0.3 is 4.74 Å². The average Bonchev–Trinajstić information content (AvgIpc) is 2.42. The SMILES string of the molecule is CC1OC1(C)C[n+]1cn(N)cn1. The predicted octanol–water partition coefficient (Wildman–Crippen LogP) is -0.938. The summed E-state index contributed by atoms with van der Waals surface area (Å²) in [5.41, 5.74) is -0.0426. The Morgan fingerprint density at radius 3 is 2.92 bits per heavy atom. The molecule has 1 aromatic heterocycles. The van der Waals surface area contributed by atoms with E-state index in [2.05, 4.69) is 18.9 Å². The van der Waals surface area contributed by atoms with Crippen molar-refractivity contribution in [2.24, 2.45) is 0 Å². The van der Waals surface area contributed by atoms with Gasteiger partial charge >= 0.3 is 0 Å². The van der Waals surface area contributed by atoms with Crippen LogP contribution in [-0.4, -0.2) is 21.5 Å². The third kappa shape index (κ3) is 1.16. The van der Waals surface area contributed by atoms with E-state index in [-0.39, 0.29) is 5.60 Å². The first kappa shape index (κ1) is 7.54. The Morgan fingerprint density at radius 2 is 2.50 bits per heavy atom. The minimum absolute atomic E-state index is 0.0426. The summed E-state index contributed by atoms with van der Waals surface area (Å²) in [5.74, 6) is 5.45. The number of epoxide rings is 1. The van der Waals surface area contributed by atoms with Gasteiger partial charge in [-0.2, -0.15) is 0 Å². The van der Waals surface area contributed by atoms with Crippen LogP contribution in [-0.2, 0) is 11.3 Å².